The molecule has 0 bridgehead atoms. The molecule has 2 aromatic carbocycles. The maximum Gasteiger partial charge on any atom is 0.191 e. The second-order valence-corrected chi connectivity index (χ2v) is 6.35. The Morgan fingerprint density at radius 3 is 2.38 bits per heavy atom. The third kappa shape index (κ3) is 6.78. The Kier molecular flexibility index (Phi) is 8.95. The number of nitrogens with zero attached hydrogens (tertiary/aromatic N) is 1. The monoisotopic (exact) mass is 401 g/mol. The second-order valence-electron chi connectivity index (χ2n) is 6.35. The zero-order valence-electron chi connectivity index (χ0n) is 17.8. The number of benzene rings is 2. The van der Waals surface area contributed by atoms with Crippen LogP contribution in [0.2, 0.25) is 0 Å². The molecular formula is C22H31N3O4. The molecule has 0 amide bonds. The Bertz CT molecular complexity index is 795. The molecule has 29 heavy (non-hydrogen) atoms. The number of methoxy groups -OCH3 is 3. The summed E-state index contributed by atoms with van der Waals surface area (Å²) in [6, 6.07) is 13.3. The van der Waals surface area contributed by atoms with Crippen LogP contribution in [-0.2, 0) is 0 Å². The summed E-state index contributed by atoms with van der Waals surface area (Å²) in [4.78, 5) is 4.30. The van der Waals surface area contributed by atoms with Gasteiger partial charge in [-0.2, -0.15) is 0 Å². The van der Waals surface area contributed by atoms with E-state index in [2.05, 4.69) is 22.5 Å². The Balaban J connectivity index is 1.81. The average molecular weight is 402 g/mol. The molecule has 0 spiro atoms. The second kappa shape index (κ2) is 11.7. The molecule has 2 N–H and O–H groups in total. The highest BCUT2D eigenvalue weighted by Gasteiger charge is 2.14. The van der Waals surface area contributed by atoms with Crippen LogP contribution < -0.4 is 29.6 Å². The van der Waals surface area contributed by atoms with Crippen molar-refractivity contribution in [1.29, 1.82) is 0 Å². The molecule has 0 aliphatic carbocycles. The molecule has 0 saturated heterocycles. The highest BCUT2D eigenvalue weighted by molar-refractivity contribution is 5.80. The van der Waals surface area contributed by atoms with Crippen LogP contribution in [0.5, 0.6) is 23.0 Å². The van der Waals surface area contributed by atoms with Crippen LogP contribution in [0.3, 0.4) is 0 Å². The third-order valence-electron chi connectivity index (χ3n) is 4.40. The van der Waals surface area contributed by atoms with Gasteiger partial charge < -0.3 is 29.6 Å². The van der Waals surface area contributed by atoms with E-state index < -0.39 is 0 Å². The lowest BCUT2D eigenvalue weighted by Gasteiger charge is -2.21. The number of ether oxygens (including phenoxy) is 4. The standard InChI is InChI=1S/C22H31N3O4/c1-16(20-15-18(27-4)10-11-21(20)28-5)25-22(23-2)24-12-7-13-29-19-9-6-8-17(14-19)26-3/h6,8-11,14-16H,7,12-13H2,1-5H3,(H2,23,24,25). The molecule has 158 valence electrons. The van der Waals surface area contributed by atoms with Crippen molar-refractivity contribution < 1.29 is 18.9 Å². The van der Waals surface area contributed by atoms with Gasteiger partial charge in [0.05, 0.1) is 34.0 Å². The van der Waals surface area contributed by atoms with Gasteiger partial charge in [0.15, 0.2) is 5.96 Å². The first kappa shape index (κ1) is 22.2. The zero-order chi connectivity index (χ0) is 21.1. The molecule has 0 heterocycles. The number of aliphatic imine (C=N–C) groups is 1. The Morgan fingerprint density at radius 1 is 0.966 bits per heavy atom. The number of hydrogen-bond acceptors (Lipinski definition) is 5. The first-order chi connectivity index (χ1) is 14.1. The predicted molar refractivity (Wildman–Crippen MR) is 116 cm³/mol. The van der Waals surface area contributed by atoms with Crippen molar-refractivity contribution in [2.45, 2.75) is 19.4 Å². The highest BCUT2D eigenvalue weighted by Crippen LogP contribution is 2.29. The molecule has 0 saturated carbocycles. The maximum atomic E-state index is 5.76. The van der Waals surface area contributed by atoms with E-state index in [9.17, 15) is 0 Å². The molecule has 7 nitrogen and oxygen atoms in total. The molecule has 0 aliphatic heterocycles. The van der Waals surface area contributed by atoms with Gasteiger partial charge in [-0.1, -0.05) is 6.07 Å². The van der Waals surface area contributed by atoms with E-state index in [1.54, 1.807) is 28.4 Å². The third-order valence-corrected chi connectivity index (χ3v) is 4.40. The average Bonchev–Trinajstić information content (AvgIpc) is 2.77. The van der Waals surface area contributed by atoms with Crippen LogP contribution >= 0.6 is 0 Å². The van der Waals surface area contributed by atoms with E-state index in [1.807, 2.05) is 42.5 Å². The van der Waals surface area contributed by atoms with E-state index in [0.29, 0.717) is 12.6 Å². The first-order valence-corrected chi connectivity index (χ1v) is 9.57. The molecule has 0 radical (unpaired) electrons. The summed E-state index contributed by atoms with van der Waals surface area (Å²) in [6.45, 7) is 3.37. The van der Waals surface area contributed by atoms with E-state index >= 15 is 0 Å². The lowest BCUT2D eigenvalue weighted by Crippen LogP contribution is -2.39. The predicted octanol–water partition coefficient (Wildman–Crippen LogP) is 3.41. The molecule has 7 heteroatoms. The fraction of sp³-hybridized carbons (Fsp3) is 0.409. The lowest BCUT2D eigenvalue weighted by atomic mass is 10.1. The molecule has 1 atom stereocenters. The van der Waals surface area contributed by atoms with Gasteiger partial charge in [0.25, 0.3) is 0 Å². The van der Waals surface area contributed by atoms with Gasteiger partial charge in [-0.05, 0) is 43.7 Å². The first-order valence-electron chi connectivity index (χ1n) is 9.57. The van der Waals surface area contributed by atoms with E-state index in [1.165, 1.54) is 0 Å². The van der Waals surface area contributed by atoms with Crippen LogP contribution in [0.25, 0.3) is 0 Å². The Labute approximate surface area is 173 Å². The topological polar surface area (TPSA) is 73.3 Å². The molecule has 0 fully saturated rings. The number of nitrogens with one attached hydrogen (secondary N) is 2. The fourth-order valence-corrected chi connectivity index (χ4v) is 2.82. The highest BCUT2D eigenvalue weighted by atomic mass is 16.5. The molecular weight excluding hydrogens is 370 g/mol. The minimum atomic E-state index is -0.0146. The largest absolute Gasteiger partial charge is 0.497 e. The Morgan fingerprint density at radius 2 is 1.69 bits per heavy atom. The molecule has 2 aromatic rings. The summed E-state index contributed by atoms with van der Waals surface area (Å²) in [7, 11) is 6.70. The normalized spacial score (nSPS) is 12.1. The number of hydrogen-bond donors (Lipinski definition) is 2. The molecule has 0 aliphatic rings. The minimum absolute atomic E-state index is 0.0146. The van der Waals surface area contributed by atoms with Gasteiger partial charge >= 0.3 is 0 Å². The van der Waals surface area contributed by atoms with Crippen molar-refractivity contribution in [2.75, 3.05) is 41.5 Å². The van der Waals surface area contributed by atoms with Gasteiger partial charge in [0, 0.05) is 25.2 Å². The zero-order valence-corrected chi connectivity index (χ0v) is 17.8. The van der Waals surface area contributed by atoms with Gasteiger partial charge in [0.2, 0.25) is 0 Å². The minimum Gasteiger partial charge on any atom is -0.497 e. The summed E-state index contributed by atoms with van der Waals surface area (Å²) in [5, 5.41) is 6.69. The van der Waals surface area contributed by atoms with Crippen LogP contribution in [0.15, 0.2) is 47.5 Å². The molecule has 2 rings (SSSR count). The smallest absolute Gasteiger partial charge is 0.191 e. The van der Waals surface area contributed by atoms with Crippen molar-refractivity contribution in [1.82, 2.24) is 10.6 Å². The number of guanidine groups is 1. The molecule has 0 aromatic heterocycles. The van der Waals surface area contributed by atoms with Crippen LogP contribution in [0.1, 0.15) is 24.9 Å². The van der Waals surface area contributed by atoms with Crippen molar-refractivity contribution in [3.63, 3.8) is 0 Å². The SMILES string of the molecule is CN=C(NCCCOc1cccc(OC)c1)NC(C)c1cc(OC)ccc1OC. The summed E-state index contributed by atoms with van der Waals surface area (Å²) < 4.78 is 21.8. The quantitative estimate of drug-likeness (QED) is 0.361. The van der Waals surface area contributed by atoms with Crippen LogP contribution in [-0.4, -0.2) is 47.5 Å². The van der Waals surface area contributed by atoms with Crippen LogP contribution in [0, 0.1) is 0 Å². The number of rotatable bonds is 10. The summed E-state index contributed by atoms with van der Waals surface area (Å²) in [6.07, 6.45) is 0.828. The van der Waals surface area contributed by atoms with Gasteiger partial charge in [0.1, 0.15) is 23.0 Å². The molecule has 1 unspecified atom stereocenters. The van der Waals surface area contributed by atoms with Gasteiger partial charge in [-0.25, -0.2) is 0 Å². The Hall–Kier alpha value is -3.09. The van der Waals surface area contributed by atoms with Crippen molar-refractivity contribution in [2.24, 2.45) is 4.99 Å². The van der Waals surface area contributed by atoms with Gasteiger partial charge in [-0.15, -0.1) is 0 Å². The summed E-state index contributed by atoms with van der Waals surface area (Å²) in [5.41, 5.74) is 0.996. The van der Waals surface area contributed by atoms with Crippen molar-refractivity contribution in [3.8, 4) is 23.0 Å². The van der Waals surface area contributed by atoms with E-state index in [0.717, 1.165) is 41.5 Å². The van der Waals surface area contributed by atoms with E-state index in [4.69, 9.17) is 18.9 Å². The van der Waals surface area contributed by atoms with Gasteiger partial charge in [-0.3, -0.25) is 4.99 Å². The van der Waals surface area contributed by atoms with E-state index in [-0.39, 0.29) is 6.04 Å². The van der Waals surface area contributed by atoms with Crippen molar-refractivity contribution >= 4 is 5.96 Å². The van der Waals surface area contributed by atoms with Crippen LogP contribution in [0.4, 0.5) is 0 Å². The summed E-state index contributed by atoms with van der Waals surface area (Å²) >= 11 is 0. The lowest BCUT2D eigenvalue weighted by molar-refractivity contribution is 0.308. The fourth-order valence-electron chi connectivity index (χ4n) is 2.82. The maximum absolute atomic E-state index is 5.76. The van der Waals surface area contributed by atoms with Crippen molar-refractivity contribution in [3.05, 3.63) is 48.0 Å². The summed E-state index contributed by atoms with van der Waals surface area (Å²) in [5.74, 6) is 3.88.